The molecule has 3 aromatic rings. The summed E-state index contributed by atoms with van der Waals surface area (Å²) in [6.45, 7) is 0.503. The molecule has 0 spiro atoms. The lowest BCUT2D eigenvalue weighted by molar-refractivity contribution is -0.385. The van der Waals surface area contributed by atoms with Gasteiger partial charge in [0.2, 0.25) is 11.8 Å². The number of para-hydroxylation sites is 1. The highest BCUT2D eigenvalue weighted by Crippen LogP contribution is 2.33. The fraction of sp³-hybridized carbons (Fsp3) is 0.385. The number of anilines is 2. The number of nitro groups is 1. The zero-order valence-electron chi connectivity index (χ0n) is 20.9. The fourth-order valence-electron chi connectivity index (χ4n) is 4.70. The van der Waals surface area contributed by atoms with Crippen LogP contribution < -0.4 is 21.1 Å². The smallest absolute Gasteiger partial charge is 0.405 e. The van der Waals surface area contributed by atoms with Crippen molar-refractivity contribution in [2.45, 2.75) is 57.6 Å². The quantitative estimate of drug-likeness (QED) is 0.172. The second kappa shape index (κ2) is 12.2. The van der Waals surface area contributed by atoms with E-state index in [0.717, 1.165) is 31.2 Å². The average Bonchev–Trinajstić information content (AvgIpc) is 2.87. The molecule has 4 rings (SSSR count). The van der Waals surface area contributed by atoms with Gasteiger partial charge in [-0.2, -0.15) is 4.98 Å². The Morgan fingerprint density at radius 1 is 1.03 bits per heavy atom. The van der Waals surface area contributed by atoms with Crippen LogP contribution in [0.2, 0.25) is 0 Å². The lowest BCUT2D eigenvalue weighted by Gasteiger charge is -2.29. The van der Waals surface area contributed by atoms with Crippen LogP contribution in [0.1, 0.15) is 42.5 Å². The van der Waals surface area contributed by atoms with Crippen LogP contribution in [0.4, 0.5) is 35.0 Å². The van der Waals surface area contributed by atoms with E-state index in [1.165, 1.54) is 30.3 Å². The van der Waals surface area contributed by atoms with Crippen molar-refractivity contribution in [3.05, 3.63) is 81.3 Å². The maximum atomic E-state index is 13.1. The van der Waals surface area contributed by atoms with Crippen LogP contribution >= 0.6 is 0 Å². The van der Waals surface area contributed by atoms with Crippen molar-refractivity contribution in [3.8, 4) is 5.75 Å². The molecule has 0 atom stereocenters. The van der Waals surface area contributed by atoms with Gasteiger partial charge in [0.15, 0.2) is 0 Å². The van der Waals surface area contributed by atoms with Crippen LogP contribution in [-0.2, 0) is 19.5 Å². The molecule has 9 nitrogen and oxygen atoms in total. The fourth-order valence-corrected chi connectivity index (χ4v) is 4.70. The molecule has 0 radical (unpaired) electrons. The zero-order chi connectivity index (χ0) is 28.0. The number of nitrogens with two attached hydrogens (primary N) is 1. The number of ether oxygens (including phenoxy) is 1. The Balaban J connectivity index is 1.39. The molecule has 0 saturated heterocycles. The van der Waals surface area contributed by atoms with E-state index >= 15 is 0 Å². The molecule has 1 aromatic heterocycles. The van der Waals surface area contributed by atoms with Crippen LogP contribution in [0.3, 0.4) is 0 Å². The summed E-state index contributed by atoms with van der Waals surface area (Å²) in [5, 5.41) is 18.0. The topological polar surface area (TPSA) is 128 Å². The lowest BCUT2D eigenvalue weighted by atomic mass is 9.83. The summed E-state index contributed by atoms with van der Waals surface area (Å²) >= 11 is 0. The maximum Gasteiger partial charge on any atom is 0.573 e. The standard InChI is InChI=1S/C26H28F4N6O3/c27-19-9-5-17(6-10-19)14-32-20-11-7-16(8-12-20)13-21-23(36(37)38)24(31)35-25(34-21)33-15-18-3-1-2-4-22(18)39-26(28,29)30/h1-6,9-10,16,20,32H,7-8,11-15H2,(H3,31,33,34,35)/t16-,20-. The highest BCUT2D eigenvalue weighted by molar-refractivity contribution is 5.58. The van der Waals surface area contributed by atoms with Gasteiger partial charge >= 0.3 is 12.0 Å². The minimum Gasteiger partial charge on any atom is -0.405 e. The third-order valence-corrected chi connectivity index (χ3v) is 6.64. The number of hydrogen-bond donors (Lipinski definition) is 3. The van der Waals surface area contributed by atoms with E-state index < -0.39 is 11.3 Å². The molecule has 0 unspecified atom stereocenters. The van der Waals surface area contributed by atoms with E-state index in [1.54, 1.807) is 18.2 Å². The molecule has 39 heavy (non-hydrogen) atoms. The molecule has 13 heteroatoms. The van der Waals surface area contributed by atoms with Gasteiger partial charge in [-0.15, -0.1) is 13.2 Å². The molecule has 2 aromatic carbocycles. The molecule has 1 fully saturated rings. The first-order valence-corrected chi connectivity index (χ1v) is 12.4. The monoisotopic (exact) mass is 548 g/mol. The van der Waals surface area contributed by atoms with Crippen molar-refractivity contribution >= 4 is 17.5 Å². The third kappa shape index (κ3) is 7.99. The van der Waals surface area contributed by atoms with Crippen molar-refractivity contribution in [3.63, 3.8) is 0 Å². The van der Waals surface area contributed by atoms with Crippen molar-refractivity contribution in [1.29, 1.82) is 0 Å². The molecule has 0 amide bonds. The first kappa shape index (κ1) is 28.0. The number of alkyl halides is 3. The zero-order valence-corrected chi connectivity index (χ0v) is 20.9. The Morgan fingerprint density at radius 2 is 1.72 bits per heavy atom. The number of aromatic nitrogens is 2. The van der Waals surface area contributed by atoms with E-state index in [0.29, 0.717) is 13.0 Å². The molecule has 1 saturated carbocycles. The molecule has 1 heterocycles. The molecule has 1 aliphatic rings. The first-order chi connectivity index (χ1) is 18.6. The van der Waals surface area contributed by atoms with Gasteiger partial charge in [0, 0.05) is 24.7 Å². The molecule has 0 bridgehead atoms. The predicted molar refractivity (Wildman–Crippen MR) is 136 cm³/mol. The average molecular weight is 549 g/mol. The van der Waals surface area contributed by atoms with Crippen molar-refractivity contribution in [1.82, 2.24) is 15.3 Å². The first-order valence-electron chi connectivity index (χ1n) is 12.4. The Morgan fingerprint density at radius 3 is 2.38 bits per heavy atom. The molecule has 208 valence electrons. The molecule has 4 N–H and O–H groups in total. The number of nitrogens with zero attached hydrogens (tertiary/aromatic N) is 3. The van der Waals surface area contributed by atoms with Crippen LogP contribution in [0.25, 0.3) is 0 Å². The summed E-state index contributed by atoms with van der Waals surface area (Å²) in [5.41, 5.74) is 6.89. The molecular formula is C26H28F4N6O3. The highest BCUT2D eigenvalue weighted by atomic mass is 19.4. The van der Waals surface area contributed by atoms with Crippen LogP contribution in [0.15, 0.2) is 48.5 Å². The Labute approximate surface area is 221 Å². The maximum absolute atomic E-state index is 13.1. The normalized spacial score (nSPS) is 17.5. The Bertz CT molecular complexity index is 1280. The summed E-state index contributed by atoms with van der Waals surface area (Å²) in [4.78, 5) is 19.4. The summed E-state index contributed by atoms with van der Waals surface area (Å²) < 4.78 is 55.3. The van der Waals surface area contributed by atoms with Crippen molar-refractivity contribution < 1.29 is 27.2 Å². The third-order valence-electron chi connectivity index (χ3n) is 6.64. The number of hydrogen-bond acceptors (Lipinski definition) is 8. The Kier molecular flexibility index (Phi) is 8.79. The number of rotatable bonds is 10. The number of benzene rings is 2. The largest absolute Gasteiger partial charge is 0.573 e. The van der Waals surface area contributed by atoms with E-state index in [9.17, 15) is 27.7 Å². The highest BCUT2D eigenvalue weighted by Gasteiger charge is 2.32. The van der Waals surface area contributed by atoms with Crippen molar-refractivity contribution in [2.24, 2.45) is 5.92 Å². The van der Waals surface area contributed by atoms with E-state index in [2.05, 4.69) is 25.3 Å². The van der Waals surface area contributed by atoms with Gasteiger partial charge in [0.1, 0.15) is 17.3 Å². The van der Waals surface area contributed by atoms with Gasteiger partial charge in [-0.3, -0.25) is 10.1 Å². The molecule has 0 aliphatic heterocycles. The van der Waals surface area contributed by atoms with Gasteiger partial charge in [-0.25, -0.2) is 9.37 Å². The van der Waals surface area contributed by atoms with Gasteiger partial charge < -0.3 is 21.1 Å². The summed E-state index contributed by atoms with van der Waals surface area (Å²) in [7, 11) is 0. The minimum absolute atomic E-state index is 0.0236. The van der Waals surface area contributed by atoms with Gasteiger partial charge in [-0.1, -0.05) is 30.3 Å². The number of nitrogens with one attached hydrogen (secondary N) is 2. The molecule has 1 aliphatic carbocycles. The number of nitrogen functional groups attached to an aromatic ring is 1. The summed E-state index contributed by atoms with van der Waals surface area (Å²) in [6, 6.07) is 12.2. The minimum atomic E-state index is -4.85. The Hall–Kier alpha value is -4.00. The van der Waals surface area contributed by atoms with E-state index in [1.807, 2.05) is 0 Å². The summed E-state index contributed by atoms with van der Waals surface area (Å²) in [6.07, 6.45) is -1.19. The molecular weight excluding hydrogens is 520 g/mol. The van der Waals surface area contributed by atoms with Crippen LogP contribution in [0.5, 0.6) is 5.75 Å². The SMILES string of the molecule is Nc1nc(NCc2ccccc2OC(F)(F)F)nc(C[C@H]2CC[C@H](NCc3ccc(F)cc3)CC2)c1[N+](=O)[O-]. The van der Waals surface area contributed by atoms with Gasteiger partial charge in [0.05, 0.1) is 4.92 Å². The second-order valence-corrected chi connectivity index (χ2v) is 9.42. The van der Waals surface area contributed by atoms with Crippen LogP contribution in [-0.4, -0.2) is 27.3 Å². The van der Waals surface area contributed by atoms with Gasteiger partial charge in [-0.05, 0) is 61.8 Å². The van der Waals surface area contributed by atoms with Crippen LogP contribution in [0, 0.1) is 21.8 Å². The lowest BCUT2D eigenvalue weighted by Crippen LogP contribution is -2.33. The predicted octanol–water partition coefficient (Wildman–Crippen LogP) is 5.51. The van der Waals surface area contributed by atoms with E-state index in [4.69, 9.17) is 5.73 Å². The summed E-state index contributed by atoms with van der Waals surface area (Å²) in [5.74, 6) is -0.864. The second-order valence-electron chi connectivity index (χ2n) is 9.42. The van der Waals surface area contributed by atoms with E-state index in [-0.39, 0.29) is 58.8 Å². The van der Waals surface area contributed by atoms with Gasteiger partial charge in [0.25, 0.3) is 0 Å². The van der Waals surface area contributed by atoms with Crippen molar-refractivity contribution in [2.75, 3.05) is 11.1 Å². The number of halogens is 4.